The average molecular weight is 395 g/mol. The van der Waals surface area contributed by atoms with Crippen LogP contribution in [0.2, 0.25) is 0 Å². The number of carboxylic acids is 1. The molecule has 28 heavy (non-hydrogen) atoms. The molecule has 5 nitrogen and oxygen atoms in total. The maximum absolute atomic E-state index is 13.2. The summed E-state index contributed by atoms with van der Waals surface area (Å²) in [5.74, 6) is -5.73. The minimum atomic E-state index is -4.66. The van der Waals surface area contributed by atoms with Crippen molar-refractivity contribution < 1.29 is 32.6 Å². The Bertz CT molecular complexity index is 912. The summed E-state index contributed by atoms with van der Waals surface area (Å²) in [6, 6.07) is 10.8. The van der Waals surface area contributed by atoms with Gasteiger partial charge in [-0.25, -0.2) is 0 Å². The van der Waals surface area contributed by atoms with Gasteiger partial charge in [0.1, 0.15) is 5.75 Å². The first-order valence-electron chi connectivity index (χ1n) is 8.78. The van der Waals surface area contributed by atoms with Crippen molar-refractivity contribution in [3.63, 3.8) is 0 Å². The fourth-order valence-electron chi connectivity index (χ4n) is 3.62. The summed E-state index contributed by atoms with van der Waals surface area (Å²) in [5, 5.41) is 10.9. The van der Waals surface area contributed by atoms with Crippen LogP contribution in [0.5, 0.6) is 5.75 Å². The Morgan fingerprint density at radius 2 is 1.79 bits per heavy atom. The van der Waals surface area contributed by atoms with E-state index in [2.05, 4.69) is 0 Å². The van der Waals surface area contributed by atoms with E-state index in [0.29, 0.717) is 11.3 Å². The van der Waals surface area contributed by atoms with Crippen LogP contribution in [0.15, 0.2) is 36.4 Å². The summed E-state index contributed by atoms with van der Waals surface area (Å²) in [6.45, 7) is 0.547. The smallest absolute Gasteiger partial charge is 0.394 e. The van der Waals surface area contributed by atoms with Gasteiger partial charge in [-0.15, -0.1) is 0 Å². The van der Waals surface area contributed by atoms with Gasteiger partial charge in [-0.1, -0.05) is 24.3 Å². The van der Waals surface area contributed by atoms with E-state index in [-0.39, 0.29) is 0 Å². The number of carbonyl (C=O) groups excluding carboxylic acids is 1. The first kappa shape index (κ1) is 20.0. The van der Waals surface area contributed by atoms with Crippen LogP contribution in [-0.2, 0) is 9.59 Å². The fraction of sp³-hybridized carbons (Fsp3) is 0.400. The lowest BCUT2D eigenvalue weighted by Gasteiger charge is -2.22. The molecule has 1 saturated heterocycles. The molecule has 1 aliphatic heterocycles. The average Bonchev–Trinajstić information content (AvgIpc) is 3.12. The number of carboxylic acid groups (broad SMARTS) is 1. The van der Waals surface area contributed by atoms with Gasteiger partial charge in [0.05, 0.1) is 24.9 Å². The molecule has 0 spiro atoms. The number of nitrogens with zero attached hydrogens (tertiary/aromatic N) is 1. The number of aliphatic carboxylic acids is 1. The predicted molar refractivity (Wildman–Crippen MR) is 96.2 cm³/mol. The number of hydrogen-bond donors (Lipinski definition) is 1. The number of likely N-dealkylation sites (tertiary alicyclic amines) is 1. The van der Waals surface area contributed by atoms with Crippen molar-refractivity contribution >= 4 is 22.6 Å². The van der Waals surface area contributed by atoms with Crippen LogP contribution >= 0.6 is 0 Å². The monoisotopic (exact) mass is 395 g/mol. The molecular weight excluding hydrogens is 375 g/mol. The van der Waals surface area contributed by atoms with Crippen LogP contribution < -0.4 is 4.74 Å². The first-order chi connectivity index (χ1) is 13.1. The summed E-state index contributed by atoms with van der Waals surface area (Å²) >= 11 is 0. The van der Waals surface area contributed by atoms with Gasteiger partial charge in [-0.3, -0.25) is 9.59 Å². The van der Waals surface area contributed by atoms with Crippen LogP contribution in [0.25, 0.3) is 10.8 Å². The number of fused-ring (bicyclic) bond motifs is 1. The van der Waals surface area contributed by atoms with Gasteiger partial charge in [0.2, 0.25) is 5.91 Å². The van der Waals surface area contributed by atoms with Gasteiger partial charge >= 0.3 is 12.1 Å². The van der Waals surface area contributed by atoms with Gasteiger partial charge in [0.15, 0.2) is 0 Å². The van der Waals surface area contributed by atoms with Crippen LogP contribution in [0.4, 0.5) is 13.2 Å². The minimum absolute atomic E-state index is 0.437. The Balaban J connectivity index is 1.82. The number of rotatable bonds is 4. The zero-order valence-corrected chi connectivity index (χ0v) is 15.4. The Morgan fingerprint density at radius 3 is 2.36 bits per heavy atom. The van der Waals surface area contributed by atoms with E-state index >= 15 is 0 Å². The highest BCUT2D eigenvalue weighted by molar-refractivity contribution is 5.89. The normalized spacial score (nSPS) is 21.0. The standard InChI is InChI=1S/C20H20F3NO4/c1-11(12-3-4-14-8-15(28-2)6-5-13(14)7-12)18(25)24-9-16(19(26)27)17(10-24)20(21,22)23/h3-8,11,16-17H,9-10H2,1-2H3,(H,26,27)/t11?,16-,17-/m1/s1. The van der Waals surface area contributed by atoms with Crippen molar-refractivity contribution in [1.29, 1.82) is 0 Å². The number of halogens is 3. The third-order valence-electron chi connectivity index (χ3n) is 5.31. The Labute approximate surface area is 159 Å². The topological polar surface area (TPSA) is 66.8 Å². The molecule has 8 heteroatoms. The van der Waals surface area contributed by atoms with Gasteiger partial charge < -0.3 is 14.7 Å². The van der Waals surface area contributed by atoms with E-state index in [9.17, 15) is 22.8 Å². The summed E-state index contributed by atoms with van der Waals surface area (Å²) in [4.78, 5) is 25.0. The molecule has 0 radical (unpaired) electrons. The number of hydrogen-bond acceptors (Lipinski definition) is 3. The lowest BCUT2D eigenvalue weighted by atomic mass is 9.96. The van der Waals surface area contributed by atoms with Gasteiger partial charge in [-0.2, -0.15) is 13.2 Å². The quantitative estimate of drug-likeness (QED) is 0.858. The van der Waals surface area contributed by atoms with Crippen molar-refractivity contribution in [2.24, 2.45) is 11.8 Å². The Morgan fingerprint density at radius 1 is 1.14 bits per heavy atom. The van der Waals surface area contributed by atoms with Crippen LogP contribution in [0, 0.1) is 11.8 Å². The summed E-state index contributed by atoms with van der Waals surface area (Å²) in [5.41, 5.74) is 0.657. The van der Waals surface area contributed by atoms with Crippen LogP contribution in [0.1, 0.15) is 18.4 Å². The largest absolute Gasteiger partial charge is 0.497 e. The molecule has 0 aliphatic carbocycles. The van der Waals surface area contributed by atoms with Gasteiger partial charge in [-0.05, 0) is 35.4 Å². The second-order valence-corrected chi connectivity index (χ2v) is 7.03. The fourth-order valence-corrected chi connectivity index (χ4v) is 3.62. The molecule has 1 aliphatic rings. The van der Waals surface area contributed by atoms with Crippen LogP contribution in [0.3, 0.4) is 0 Å². The summed E-state index contributed by atoms with van der Waals surface area (Å²) in [6.07, 6.45) is -4.66. The van der Waals surface area contributed by atoms with E-state index in [1.807, 2.05) is 24.3 Å². The molecule has 0 saturated carbocycles. The second kappa shape index (κ2) is 7.33. The molecule has 3 atom stereocenters. The lowest BCUT2D eigenvalue weighted by molar-refractivity contribution is -0.188. The molecule has 1 N–H and O–H groups in total. The summed E-state index contributed by atoms with van der Waals surface area (Å²) in [7, 11) is 1.56. The molecule has 1 amide bonds. The van der Waals surface area contributed by atoms with Crippen molar-refractivity contribution in [2.75, 3.05) is 20.2 Å². The lowest BCUT2D eigenvalue weighted by Crippen LogP contribution is -2.34. The number of carbonyl (C=O) groups is 2. The maximum Gasteiger partial charge on any atom is 0.394 e. The van der Waals surface area contributed by atoms with Crippen molar-refractivity contribution in [2.45, 2.75) is 19.0 Å². The minimum Gasteiger partial charge on any atom is -0.497 e. The zero-order chi connectivity index (χ0) is 20.6. The second-order valence-electron chi connectivity index (χ2n) is 7.03. The summed E-state index contributed by atoms with van der Waals surface area (Å²) < 4.78 is 44.6. The SMILES string of the molecule is COc1ccc2cc(C(C)C(=O)N3C[C@@H](C(F)(F)F)[C@H](C(=O)O)C3)ccc2c1. The highest BCUT2D eigenvalue weighted by atomic mass is 19.4. The number of amides is 1. The zero-order valence-electron chi connectivity index (χ0n) is 15.4. The molecule has 2 aromatic carbocycles. The maximum atomic E-state index is 13.2. The number of alkyl halides is 3. The Hall–Kier alpha value is -2.77. The van der Waals surface area contributed by atoms with Crippen molar-refractivity contribution in [3.05, 3.63) is 42.0 Å². The van der Waals surface area contributed by atoms with E-state index in [1.54, 1.807) is 26.2 Å². The van der Waals surface area contributed by atoms with E-state index in [4.69, 9.17) is 9.84 Å². The van der Waals surface area contributed by atoms with Crippen molar-refractivity contribution in [3.8, 4) is 5.75 Å². The highest BCUT2D eigenvalue weighted by Gasteiger charge is 2.53. The molecule has 0 aromatic heterocycles. The number of methoxy groups -OCH3 is 1. The van der Waals surface area contributed by atoms with E-state index in [1.165, 1.54) is 0 Å². The van der Waals surface area contributed by atoms with Crippen molar-refractivity contribution in [1.82, 2.24) is 4.90 Å². The van der Waals surface area contributed by atoms with Gasteiger partial charge in [0.25, 0.3) is 0 Å². The number of benzene rings is 2. The number of ether oxygens (including phenoxy) is 1. The molecular formula is C20H20F3NO4. The first-order valence-corrected chi connectivity index (χ1v) is 8.78. The van der Waals surface area contributed by atoms with E-state index < -0.39 is 48.9 Å². The molecule has 150 valence electrons. The highest BCUT2D eigenvalue weighted by Crippen LogP contribution is 2.39. The molecule has 2 aromatic rings. The molecule has 1 heterocycles. The Kier molecular flexibility index (Phi) is 5.23. The van der Waals surface area contributed by atoms with E-state index in [0.717, 1.165) is 15.7 Å². The van der Waals surface area contributed by atoms with Gasteiger partial charge in [0, 0.05) is 13.1 Å². The molecule has 0 bridgehead atoms. The molecule has 1 fully saturated rings. The predicted octanol–water partition coefficient (Wildman–Crippen LogP) is 3.67. The molecule has 1 unspecified atom stereocenters. The third kappa shape index (κ3) is 3.76. The molecule has 3 rings (SSSR count). The van der Waals surface area contributed by atoms with Crippen LogP contribution in [-0.4, -0.2) is 48.3 Å². The third-order valence-corrected chi connectivity index (χ3v) is 5.31.